The number of nitrogens with zero attached hydrogens (tertiary/aromatic N) is 1. The summed E-state index contributed by atoms with van der Waals surface area (Å²) in [5.74, 6) is -1.01. The van der Waals surface area contributed by atoms with Gasteiger partial charge in [-0.15, -0.1) is 0 Å². The first kappa shape index (κ1) is 24.4. The molecule has 0 aliphatic heterocycles. The lowest BCUT2D eigenvalue weighted by molar-refractivity contribution is -0.118. The van der Waals surface area contributed by atoms with Gasteiger partial charge in [0.05, 0.1) is 35.4 Å². The van der Waals surface area contributed by atoms with Crippen LogP contribution in [0.25, 0.3) is 21.7 Å². The number of nitrogens with one attached hydrogen (secondary N) is 3. The van der Waals surface area contributed by atoms with Gasteiger partial charge in [0.15, 0.2) is 0 Å². The first-order chi connectivity index (χ1) is 17.3. The van der Waals surface area contributed by atoms with E-state index in [1.54, 1.807) is 60.7 Å². The number of carbonyl (C=O) groups excluding carboxylic acids is 2. The van der Waals surface area contributed by atoms with Crippen LogP contribution < -0.4 is 21.9 Å². The molecule has 0 saturated heterocycles. The Kier molecular flexibility index (Phi) is 6.99. The normalized spacial score (nSPS) is 11.8. The van der Waals surface area contributed by atoms with Crippen molar-refractivity contribution in [1.29, 1.82) is 5.26 Å². The number of carbonyl (C=O) groups is 2. The predicted molar refractivity (Wildman–Crippen MR) is 139 cm³/mol. The number of aromatic amines is 1. The lowest BCUT2D eigenvalue weighted by Crippen LogP contribution is -2.39. The molecule has 0 spiro atoms. The number of primary amides is 1. The summed E-state index contributed by atoms with van der Waals surface area (Å²) in [4.78, 5) is 40.5. The quantitative estimate of drug-likeness (QED) is 0.282. The molecule has 1 heterocycles. The SMILES string of the molecule is CC(C)OCC(Nc1cccc(C#N)c1)C(=O)Nc1ccc2c(=O)[nH]c3c(C(N)=O)cccc3c2c1. The summed E-state index contributed by atoms with van der Waals surface area (Å²) in [6, 6.07) is 18.1. The molecule has 182 valence electrons. The van der Waals surface area contributed by atoms with E-state index in [0.29, 0.717) is 38.6 Å². The number of fused-ring (bicyclic) bond motifs is 3. The minimum Gasteiger partial charge on any atom is -0.376 e. The molecule has 2 amide bonds. The Labute approximate surface area is 206 Å². The molecule has 0 aliphatic rings. The summed E-state index contributed by atoms with van der Waals surface area (Å²) >= 11 is 0. The Hall–Kier alpha value is -4.68. The van der Waals surface area contributed by atoms with Gasteiger partial charge in [-0.05, 0) is 61.7 Å². The van der Waals surface area contributed by atoms with E-state index in [1.807, 2.05) is 13.8 Å². The third-order valence-corrected chi connectivity index (χ3v) is 5.64. The minimum absolute atomic E-state index is 0.0919. The number of nitrogens with two attached hydrogens (primary N) is 1. The number of hydrogen-bond donors (Lipinski definition) is 4. The lowest BCUT2D eigenvalue weighted by Gasteiger charge is -2.21. The van der Waals surface area contributed by atoms with Gasteiger partial charge in [0, 0.05) is 22.1 Å². The highest BCUT2D eigenvalue weighted by Crippen LogP contribution is 2.26. The molecule has 0 fully saturated rings. The molecule has 1 aromatic heterocycles. The van der Waals surface area contributed by atoms with Gasteiger partial charge in [0.2, 0.25) is 5.91 Å². The smallest absolute Gasteiger partial charge is 0.256 e. The number of pyridine rings is 1. The van der Waals surface area contributed by atoms with Crippen LogP contribution in [0.15, 0.2) is 65.5 Å². The molecule has 4 rings (SSSR count). The van der Waals surface area contributed by atoms with Gasteiger partial charge in [-0.3, -0.25) is 14.4 Å². The molecule has 5 N–H and O–H groups in total. The van der Waals surface area contributed by atoms with Crippen molar-refractivity contribution in [3.63, 3.8) is 0 Å². The first-order valence-corrected chi connectivity index (χ1v) is 11.3. The molecular formula is C27H25N5O4. The third-order valence-electron chi connectivity index (χ3n) is 5.64. The number of para-hydroxylation sites is 1. The molecule has 0 bridgehead atoms. The van der Waals surface area contributed by atoms with Gasteiger partial charge in [-0.25, -0.2) is 0 Å². The number of anilines is 2. The monoisotopic (exact) mass is 483 g/mol. The van der Waals surface area contributed by atoms with Gasteiger partial charge in [0.25, 0.3) is 11.5 Å². The van der Waals surface area contributed by atoms with Crippen LogP contribution in [0.2, 0.25) is 0 Å². The number of ether oxygens (including phenoxy) is 1. The Morgan fingerprint density at radius 2 is 1.81 bits per heavy atom. The maximum Gasteiger partial charge on any atom is 0.256 e. The molecule has 0 radical (unpaired) electrons. The minimum atomic E-state index is -0.755. The summed E-state index contributed by atoms with van der Waals surface area (Å²) in [7, 11) is 0. The van der Waals surface area contributed by atoms with E-state index in [1.165, 1.54) is 0 Å². The van der Waals surface area contributed by atoms with Crippen molar-refractivity contribution in [3.05, 3.63) is 82.1 Å². The van der Waals surface area contributed by atoms with Gasteiger partial charge >= 0.3 is 0 Å². The van der Waals surface area contributed by atoms with Gasteiger partial charge in [-0.1, -0.05) is 18.2 Å². The van der Waals surface area contributed by atoms with E-state index in [2.05, 4.69) is 21.7 Å². The molecule has 0 saturated carbocycles. The second-order valence-electron chi connectivity index (χ2n) is 8.57. The average molecular weight is 484 g/mol. The highest BCUT2D eigenvalue weighted by Gasteiger charge is 2.20. The van der Waals surface area contributed by atoms with E-state index in [9.17, 15) is 19.6 Å². The zero-order chi connectivity index (χ0) is 25.8. The number of aromatic nitrogens is 1. The molecule has 4 aromatic rings. The van der Waals surface area contributed by atoms with Crippen LogP contribution in [0, 0.1) is 11.3 Å². The summed E-state index contributed by atoms with van der Waals surface area (Å²) in [5.41, 5.74) is 7.19. The number of hydrogen-bond acceptors (Lipinski definition) is 6. The number of amides is 2. The highest BCUT2D eigenvalue weighted by molar-refractivity contribution is 6.13. The van der Waals surface area contributed by atoms with Crippen LogP contribution in [0.3, 0.4) is 0 Å². The number of nitriles is 1. The second kappa shape index (κ2) is 10.3. The van der Waals surface area contributed by atoms with Crippen molar-refractivity contribution in [2.75, 3.05) is 17.2 Å². The van der Waals surface area contributed by atoms with Crippen molar-refractivity contribution in [2.24, 2.45) is 5.73 Å². The molecule has 3 aromatic carbocycles. The van der Waals surface area contributed by atoms with E-state index in [0.717, 1.165) is 0 Å². The molecule has 0 aliphatic carbocycles. The second-order valence-corrected chi connectivity index (χ2v) is 8.57. The Morgan fingerprint density at radius 3 is 2.53 bits per heavy atom. The zero-order valence-corrected chi connectivity index (χ0v) is 19.8. The molecule has 36 heavy (non-hydrogen) atoms. The van der Waals surface area contributed by atoms with Crippen LogP contribution in [0.4, 0.5) is 11.4 Å². The maximum absolute atomic E-state index is 13.2. The third kappa shape index (κ3) is 5.19. The van der Waals surface area contributed by atoms with E-state index in [-0.39, 0.29) is 29.7 Å². The Balaban J connectivity index is 1.68. The maximum atomic E-state index is 13.2. The van der Waals surface area contributed by atoms with Gasteiger partial charge in [0.1, 0.15) is 6.04 Å². The van der Waals surface area contributed by atoms with Crippen LogP contribution >= 0.6 is 0 Å². The fourth-order valence-electron chi connectivity index (χ4n) is 3.92. The average Bonchev–Trinajstić information content (AvgIpc) is 2.86. The van der Waals surface area contributed by atoms with Crippen LogP contribution in [0.1, 0.15) is 29.8 Å². The highest BCUT2D eigenvalue weighted by atomic mass is 16.5. The molecule has 1 unspecified atom stereocenters. The van der Waals surface area contributed by atoms with Crippen LogP contribution in [-0.4, -0.2) is 35.6 Å². The van der Waals surface area contributed by atoms with Crippen LogP contribution in [0.5, 0.6) is 0 Å². The number of rotatable bonds is 8. The van der Waals surface area contributed by atoms with Crippen molar-refractivity contribution in [3.8, 4) is 6.07 Å². The summed E-state index contributed by atoms with van der Waals surface area (Å²) in [6.45, 7) is 3.84. The fraction of sp³-hybridized carbons (Fsp3) is 0.185. The van der Waals surface area contributed by atoms with Crippen molar-refractivity contribution in [2.45, 2.75) is 26.0 Å². The summed E-state index contributed by atoms with van der Waals surface area (Å²) < 4.78 is 5.69. The van der Waals surface area contributed by atoms with Crippen molar-refractivity contribution < 1.29 is 14.3 Å². The van der Waals surface area contributed by atoms with E-state index >= 15 is 0 Å². The predicted octanol–water partition coefficient (Wildman–Crippen LogP) is 3.50. The Bertz CT molecular complexity index is 1570. The lowest BCUT2D eigenvalue weighted by atomic mass is 10.0. The largest absolute Gasteiger partial charge is 0.376 e. The van der Waals surface area contributed by atoms with E-state index < -0.39 is 11.9 Å². The zero-order valence-electron chi connectivity index (χ0n) is 19.8. The van der Waals surface area contributed by atoms with Crippen molar-refractivity contribution in [1.82, 2.24) is 4.98 Å². The van der Waals surface area contributed by atoms with Crippen LogP contribution in [-0.2, 0) is 9.53 Å². The fourth-order valence-corrected chi connectivity index (χ4v) is 3.92. The summed E-state index contributed by atoms with van der Waals surface area (Å²) in [5, 5.41) is 16.8. The molecular weight excluding hydrogens is 458 g/mol. The van der Waals surface area contributed by atoms with Crippen molar-refractivity contribution >= 4 is 44.9 Å². The Morgan fingerprint density at radius 1 is 1.03 bits per heavy atom. The van der Waals surface area contributed by atoms with E-state index in [4.69, 9.17) is 10.5 Å². The molecule has 1 atom stereocenters. The topological polar surface area (TPSA) is 150 Å². The molecule has 9 heteroatoms. The van der Waals surface area contributed by atoms with Gasteiger partial charge in [-0.2, -0.15) is 5.26 Å². The number of benzene rings is 3. The molecule has 9 nitrogen and oxygen atoms in total. The first-order valence-electron chi connectivity index (χ1n) is 11.3. The standard InChI is InChI=1S/C27H25N5O4/c1-15(2)36-14-23(30-17-6-3-5-16(11-17)13-28)27(35)31-18-9-10-20-22(12-18)19-7-4-8-21(25(29)33)24(19)32-26(20)34/h3-12,15,23,30H,14H2,1-2H3,(H2,29,33)(H,31,35)(H,32,34). The van der Waals surface area contributed by atoms with Gasteiger partial charge < -0.3 is 26.1 Å². The summed E-state index contributed by atoms with van der Waals surface area (Å²) in [6.07, 6.45) is -0.0919. The number of H-pyrrole nitrogens is 1.